The molecule has 1 amide bonds. The van der Waals surface area contributed by atoms with Crippen molar-refractivity contribution in [2.75, 3.05) is 19.5 Å². The van der Waals surface area contributed by atoms with Crippen molar-refractivity contribution in [3.63, 3.8) is 0 Å². The molecular weight excluding hydrogens is 740 g/mol. The van der Waals surface area contributed by atoms with Crippen LogP contribution in [0.3, 0.4) is 0 Å². The molecule has 10 heteroatoms. The standard InChI is InChI=1S/C29H23I2N3O4S/c1-16-24(27(35)33-20-9-5-4-6-10-20)25(17-8-7-11-21(13-17)37-2)34-28(36)23(39-29(34)32-16)14-18-12-19(30)15-22(31)26(18)38-3/h4-15,25H,1-3H3,(H,33,35)/b23-14-/t25-/m0/s1. The number of thiazole rings is 1. The highest BCUT2D eigenvalue weighted by Gasteiger charge is 2.32. The van der Waals surface area contributed by atoms with Crippen LogP contribution in [0.4, 0.5) is 5.69 Å². The number of hydrogen-bond acceptors (Lipinski definition) is 6. The largest absolute Gasteiger partial charge is 0.497 e. The van der Waals surface area contributed by atoms with Gasteiger partial charge in [0.15, 0.2) is 4.80 Å². The van der Waals surface area contributed by atoms with Gasteiger partial charge in [-0.05, 0) is 100 Å². The monoisotopic (exact) mass is 763 g/mol. The number of carbonyl (C=O) groups is 1. The van der Waals surface area contributed by atoms with Crippen LogP contribution in [0, 0.1) is 7.14 Å². The molecule has 0 bridgehead atoms. The van der Waals surface area contributed by atoms with Gasteiger partial charge in [0.25, 0.3) is 11.5 Å². The van der Waals surface area contributed by atoms with Gasteiger partial charge in [-0.2, -0.15) is 0 Å². The Labute approximate surface area is 256 Å². The summed E-state index contributed by atoms with van der Waals surface area (Å²) in [5.41, 5.74) is 2.91. The summed E-state index contributed by atoms with van der Waals surface area (Å²) in [4.78, 5) is 33.0. The van der Waals surface area contributed by atoms with Crippen molar-refractivity contribution in [3.8, 4) is 11.5 Å². The van der Waals surface area contributed by atoms with E-state index in [0.29, 0.717) is 37.8 Å². The summed E-state index contributed by atoms with van der Waals surface area (Å²) >= 11 is 5.77. The van der Waals surface area contributed by atoms with Crippen LogP contribution < -0.4 is 29.7 Å². The van der Waals surface area contributed by atoms with E-state index in [1.54, 1.807) is 25.7 Å². The molecule has 1 N–H and O–H groups in total. The molecule has 0 aliphatic carbocycles. The first kappa shape index (κ1) is 27.6. The summed E-state index contributed by atoms with van der Waals surface area (Å²) in [5.74, 6) is 1.01. The number of amides is 1. The molecule has 1 aliphatic rings. The molecule has 198 valence electrons. The average Bonchev–Trinajstić information content (AvgIpc) is 3.22. The SMILES string of the molecule is COc1cccc([C@H]2C(C(=O)Nc3ccccc3)=C(C)N=c3s/c(=C\c4cc(I)cc(I)c4OC)c(=O)n32)c1. The minimum atomic E-state index is -0.694. The lowest BCUT2D eigenvalue weighted by Crippen LogP contribution is -2.40. The van der Waals surface area contributed by atoms with Crippen LogP contribution in [0.15, 0.2) is 87.8 Å². The van der Waals surface area contributed by atoms with Crippen molar-refractivity contribution in [2.45, 2.75) is 13.0 Å². The van der Waals surface area contributed by atoms with Crippen molar-refractivity contribution in [2.24, 2.45) is 4.99 Å². The Morgan fingerprint density at radius 2 is 1.82 bits per heavy atom. The number of nitrogens with one attached hydrogen (secondary N) is 1. The van der Waals surface area contributed by atoms with E-state index in [2.05, 4.69) is 50.5 Å². The van der Waals surface area contributed by atoms with E-state index in [0.717, 1.165) is 18.3 Å². The van der Waals surface area contributed by atoms with E-state index in [4.69, 9.17) is 14.5 Å². The van der Waals surface area contributed by atoms with E-state index in [-0.39, 0.29) is 11.5 Å². The van der Waals surface area contributed by atoms with Crippen LogP contribution in [-0.4, -0.2) is 24.7 Å². The number of anilines is 1. The minimum absolute atomic E-state index is 0.236. The predicted octanol–water partition coefficient (Wildman–Crippen LogP) is 5.10. The molecule has 0 radical (unpaired) electrons. The first-order valence-corrected chi connectivity index (χ1v) is 14.8. The highest BCUT2D eigenvalue weighted by atomic mass is 127. The van der Waals surface area contributed by atoms with E-state index >= 15 is 0 Å². The third kappa shape index (κ3) is 5.54. The molecule has 0 saturated carbocycles. The Morgan fingerprint density at radius 3 is 2.54 bits per heavy atom. The Hall–Kier alpha value is -2.97. The number of nitrogens with zero attached hydrogens (tertiary/aromatic N) is 2. The first-order chi connectivity index (χ1) is 18.8. The number of carbonyl (C=O) groups excluding carboxylic acids is 1. The maximum atomic E-state index is 14.0. The summed E-state index contributed by atoms with van der Waals surface area (Å²) in [6.07, 6.45) is 1.83. The number of rotatable bonds is 6. The number of methoxy groups -OCH3 is 2. The molecule has 39 heavy (non-hydrogen) atoms. The highest BCUT2D eigenvalue weighted by Crippen LogP contribution is 2.33. The van der Waals surface area contributed by atoms with Gasteiger partial charge in [0, 0.05) is 14.8 Å². The summed E-state index contributed by atoms with van der Waals surface area (Å²) in [6, 6.07) is 19.9. The van der Waals surface area contributed by atoms with Crippen LogP contribution >= 0.6 is 56.5 Å². The van der Waals surface area contributed by atoms with Crippen molar-refractivity contribution < 1.29 is 14.3 Å². The summed E-state index contributed by atoms with van der Waals surface area (Å²) in [5, 5.41) is 2.97. The van der Waals surface area contributed by atoms with E-state index in [1.807, 2.05) is 72.8 Å². The van der Waals surface area contributed by atoms with Gasteiger partial charge in [-0.1, -0.05) is 41.7 Å². The van der Waals surface area contributed by atoms with Crippen molar-refractivity contribution in [1.29, 1.82) is 0 Å². The van der Waals surface area contributed by atoms with E-state index < -0.39 is 6.04 Å². The Morgan fingerprint density at radius 1 is 1.05 bits per heavy atom. The zero-order chi connectivity index (χ0) is 27.7. The van der Waals surface area contributed by atoms with Gasteiger partial charge in [-0.3, -0.25) is 14.2 Å². The second kappa shape index (κ2) is 11.6. The highest BCUT2D eigenvalue weighted by molar-refractivity contribution is 14.1. The molecule has 3 aromatic carbocycles. The quantitative estimate of drug-likeness (QED) is 0.278. The Bertz CT molecular complexity index is 1800. The minimum Gasteiger partial charge on any atom is -0.497 e. The second-order valence-electron chi connectivity index (χ2n) is 8.69. The lowest BCUT2D eigenvalue weighted by molar-refractivity contribution is -0.113. The fourth-order valence-electron chi connectivity index (χ4n) is 4.50. The Balaban J connectivity index is 1.72. The number of ether oxygens (including phenoxy) is 2. The van der Waals surface area contributed by atoms with E-state index in [1.165, 1.54) is 11.3 Å². The molecule has 7 nitrogen and oxygen atoms in total. The topological polar surface area (TPSA) is 81.9 Å². The normalized spacial score (nSPS) is 15.0. The van der Waals surface area contributed by atoms with Gasteiger partial charge in [0.05, 0.1) is 39.6 Å². The van der Waals surface area contributed by atoms with Gasteiger partial charge in [0.1, 0.15) is 11.5 Å². The van der Waals surface area contributed by atoms with Gasteiger partial charge in [-0.15, -0.1) is 0 Å². The molecule has 0 fully saturated rings. The molecule has 1 aliphatic heterocycles. The molecule has 0 spiro atoms. The number of hydrogen-bond donors (Lipinski definition) is 1. The van der Waals surface area contributed by atoms with Gasteiger partial charge >= 0.3 is 0 Å². The van der Waals surface area contributed by atoms with Crippen molar-refractivity contribution >= 4 is 74.2 Å². The van der Waals surface area contributed by atoms with Crippen LogP contribution in [-0.2, 0) is 4.79 Å². The summed E-state index contributed by atoms with van der Waals surface area (Å²) in [6.45, 7) is 1.80. The third-order valence-electron chi connectivity index (χ3n) is 6.24. The smallest absolute Gasteiger partial charge is 0.271 e. The fourth-order valence-corrected chi connectivity index (χ4v) is 7.65. The molecule has 0 unspecified atom stereocenters. The zero-order valence-electron chi connectivity index (χ0n) is 21.2. The number of fused-ring (bicyclic) bond motifs is 1. The lowest BCUT2D eigenvalue weighted by Gasteiger charge is -2.25. The van der Waals surface area contributed by atoms with Crippen molar-refractivity contribution in [1.82, 2.24) is 4.57 Å². The first-order valence-electron chi connectivity index (χ1n) is 11.9. The van der Waals surface area contributed by atoms with Crippen LogP contribution in [0.1, 0.15) is 24.1 Å². The summed E-state index contributed by atoms with van der Waals surface area (Å²) in [7, 11) is 3.21. The molecule has 1 aromatic heterocycles. The van der Waals surface area contributed by atoms with Crippen molar-refractivity contribution in [3.05, 3.63) is 116 Å². The number of halogens is 2. The fraction of sp³-hybridized carbons (Fsp3) is 0.138. The number of para-hydroxylation sites is 1. The van der Waals surface area contributed by atoms with Gasteiger partial charge in [0.2, 0.25) is 0 Å². The molecular formula is C29H23I2N3O4S. The lowest BCUT2D eigenvalue weighted by atomic mass is 9.95. The van der Waals surface area contributed by atoms with Crippen LogP contribution in [0.5, 0.6) is 11.5 Å². The van der Waals surface area contributed by atoms with E-state index in [9.17, 15) is 9.59 Å². The average molecular weight is 763 g/mol. The molecule has 2 heterocycles. The predicted molar refractivity (Wildman–Crippen MR) is 170 cm³/mol. The van der Waals surface area contributed by atoms with Gasteiger partial charge in [-0.25, -0.2) is 4.99 Å². The molecule has 1 atom stereocenters. The van der Waals surface area contributed by atoms with Crippen LogP contribution in [0.25, 0.3) is 6.08 Å². The molecule has 0 saturated heterocycles. The zero-order valence-corrected chi connectivity index (χ0v) is 26.3. The third-order valence-corrected chi connectivity index (χ3v) is 8.64. The Kier molecular flexibility index (Phi) is 8.24. The number of benzene rings is 3. The second-order valence-corrected chi connectivity index (χ2v) is 12.1. The number of aromatic nitrogens is 1. The maximum Gasteiger partial charge on any atom is 0.271 e. The maximum absolute atomic E-state index is 14.0. The molecule has 5 rings (SSSR count). The van der Waals surface area contributed by atoms with Crippen LogP contribution in [0.2, 0.25) is 0 Å². The molecule has 4 aromatic rings. The number of allylic oxidation sites excluding steroid dienone is 1. The summed E-state index contributed by atoms with van der Waals surface area (Å²) < 4.78 is 15.2. The van der Waals surface area contributed by atoms with Gasteiger partial charge < -0.3 is 14.8 Å².